The Kier molecular flexibility index (Phi) is 6.24. The number of hydrogen-bond donors (Lipinski definition) is 5. The van der Waals surface area contributed by atoms with E-state index >= 15 is 0 Å². The molecule has 170 valence electrons. The van der Waals surface area contributed by atoms with Crippen LogP contribution in [0.15, 0.2) is 11.6 Å². The number of esters is 1. The molecule has 5 N–H and O–H groups in total. The minimum Gasteiger partial charge on any atom is -0.459 e. The highest BCUT2D eigenvalue weighted by Gasteiger charge is 2.62. The highest BCUT2D eigenvalue weighted by atomic mass is 16.6. The quantitative estimate of drug-likeness (QED) is 0.222. The van der Waals surface area contributed by atoms with E-state index in [1.165, 1.54) is 5.57 Å². The summed E-state index contributed by atoms with van der Waals surface area (Å²) < 4.78 is 16.9. The molecular formula is C21H33NO8. The number of allylic oxidation sites excluding steroid dienone is 2. The van der Waals surface area contributed by atoms with E-state index in [1.807, 2.05) is 0 Å². The third-order valence-corrected chi connectivity index (χ3v) is 7.21. The van der Waals surface area contributed by atoms with E-state index in [1.54, 1.807) is 0 Å². The van der Waals surface area contributed by atoms with E-state index in [0.717, 1.165) is 25.7 Å². The van der Waals surface area contributed by atoms with Crippen LogP contribution in [0.2, 0.25) is 0 Å². The zero-order valence-electron chi connectivity index (χ0n) is 17.4. The molecule has 0 bridgehead atoms. The summed E-state index contributed by atoms with van der Waals surface area (Å²) in [6.07, 6.45) is 0.139. The first-order valence-corrected chi connectivity index (χ1v) is 10.8. The molecule has 0 amide bonds. The highest BCUT2D eigenvalue weighted by molar-refractivity contribution is 5.75. The van der Waals surface area contributed by atoms with E-state index in [0.29, 0.717) is 0 Å². The van der Waals surface area contributed by atoms with Gasteiger partial charge in [0.05, 0.1) is 24.2 Å². The SMILES string of the molecule is CC1=CCC[C@@]2(C)O[C@H]2[C@H]2OC(=O)[C@@H](CN[C@@H]3[C@@H](O)[C@H](O)[C@@H](CO)O[C@H]3O)[C@@H]2CC1. The number of aliphatic hydroxyl groups excluding tert-OH is 4. The maximum absolute atomic E-state index is 12.7. The number of aliphatic hydroxyl groups is 4. The van der Waals surface area contributed by atoms with Gasteiger partial charge in [-0.05, 0) is 39.5 Å². The third-order valence-electron chi connectivity index (χ3n) is 7.21. The second kappa shape index (κ2) is 8.46. The van der Waals surface area contributed by atoms with E-state index in [2.05, 4.69) is 25.2 Å². The van der Waals surface area contributed by atoms with Crippen LogP contribution >= 0.6 is 0 Å². The fourth-order valence-corrected chi connectivity index (χ4v) is 5.15. The number of hydrogen-bond acceptors (Lipinski definition) is 9. The van der Waals surface area contributed by atoms with Gasteiger partial charge in [0.25, 0.3) is 0 Å². The zero-order valence-corrected chi connectivity index (χ0v) is 17.4. The van der Waals surface area contributed by atoms with Crippen molar-refractivity contribution in [1.82, 2.24) is 5.32 Å². The number of carbonyl (C=O) groups is 1. The van der Waals surface area contributed by atoms with Crippen LogP contribution in [0, 0.1) is 11.8 Å². The largest absolute Gasteiger partial charge is 0.459 e. The Morgan fingerprint density at radius 3 is 2.77 bits per heavy atom. The molecule has 3 fully saturated rings. The second-order valence-electron chi connectivity index (χ2n) is 9.31. The zero-order chi connectivity index (χ0) is 21.6. The number of epoxide rings is 1. The third kappa shape index (κ3) is 4.04. The van der Waals surface area contributed by atoms with Crippen LogP contribution in [0.1, 0.15) is 39.5 Å². The molecule has 0 aromatic rings. The Labute approximate surface area is 176 Å². The molecule has 9 heteroatoms. The lowest BCUT2D eigenvalue weighted by Gasteiger charge is -2.40. The monoisotopic (exact) mass is 427 g/mol. The maximum Gasteiger partial charge on any atom is 0.311 e. The van der Waals surface area contributed by atoms with Gasteiger partial charge in [0.2, 0.25) is 0 Å². The highest BCUT2D eigenvalue weighted by Crippen LogP contribution is 2.50. The van der Waals surface area contributed by atoms with Crippen LogP contribution in [-0.2, 0) is 19.0 Å². The van der Waals surface area contributed by atoms with E-state index in [4.69, 9.17) is 14.2 Å². The van der Waals surface area contributed by atoms with Gasteiger partial charge in [0.15, 0.2) is 6.29 Å². The normalized spacial score (nSPS) is 48.9. The molecule has 0 saturated carbocycles. The standard InChI is InChI=1S/C21H33NO8/c1-10-4-3-7-21(2)18(30-21)17-11(6-5-10)12(19(26)29-17)8-22-14-16(25)15(24)13(9-23)28-20(14)27/h4,11-18,20,22-25,27H,3,5-9H2,1-2H3/t11-,12-,13+,14+,15+,16+,17-,18-,20+,21+/m0/s1. The molecule has 1 aliphatic carbocycles. The van der Waals surface area contributed by atoms with Crippen molar-refractivity contribution in [2.24, 2.45) is 11.8 Å². The molecule has 10 atom stereocenters. The van der Waals surface area contributed by atoms with Gasteiger partial charge < -0.3 is 40.0 Å². The van der Waals surface area contributed by atoms with Crippen LogP contribution in [0.25, 0.3) is 0 Å². The topological polar surface area (TPSA) is 141 Å². The average molecular weight is 427 g/mol. The van der Waals surface area contributed by atoms with Gasteiger partial charge in [-0.3, -0.25) is 4.79 Å². The predicted octanol–water partition coefficient (Wildman–Crippen LogP) is -0.788. The molecule has 4 rings (SSSR count). The molecule has 3 heterocycles. The minimum absolute atomic E-state index is 0.0489. The molecule has 30 heavy (non-hydrogen) atoms. The van der Waals surface area contributed by atoms with Crippen molar-refractivity contribution in [2.75, 3.05) is 13.2 Å². The fourth-order valence-electron chi connectivity index (χ4n) is 5.15. The van der Waals surface area contributed by atoms with Gasteiger partial charge in [-0.25, -0.2) is 0 Å². The van der Waals surface area contributed by atoms with Gasteiger partial charge in [-0.1, -0.05) is 11.6 Å². The first-order valence-electron chi connectivity index (χ1n) is 10.8. The molecule has 0 aromatic heterocycles. The van der Waals surface area contributed by atoms with Crippen LogP contribution in [-0.4, -0.2) is 88.0 Å². The fraction of sp³-hybridized carbons (Fsp3) is 0.857. The van der Waals surface area contributed by atoms with Gasteiger partial charge in [0, 0.05) is 12.5 Å². The maximum atomic E-state index is 12.7. The molecule has 3 aliphatic heterocycles. The van der Waals surface area contributed by atoms with E-state index in [9.17, 15) is 25.2 Å². The second-order valence-corrected chi connectivity index (χ2v) is 9.31. The summed E-state index contributed by atoms with van der Waals surface area (Å²) in [6, 6.07) is -0.988. The van der Waals surface area contributed by atoms with Crippen LogP contribution in [0.5, 0.6) is 0 Å². The summed E-state index contributed by atoms with van der Waals surface area (Å²) in [5.74, 6) is -0.819. The Morgan fingerprint density at radius 1 is 1.27 bits per heavy atom. The van der Waals surface area contributed by atoms with Gasteiger partial charge in [-0.2, -0.15) is 0 Å². The Hall–Kier alpha value is -1.07. The minimum atomic E-state index is -1.42. The van der Waals surface area contributed by atoms with E-state index < -0.39 is 43.2 Å². The number of fused-ring (bicyclic) bond motifs is 3. The summed E-state index contributed by atoms with van der Waals surface area (Å²) in [7, 11) is 0. The number of carbonyl (C=O) groups excluding carboxylic acids is 1. The molecule has 4 aliphatic rings. The molecule has 9 nitrogen and oxygen atoms in total. The first kappa shape index (κ1) is 22.1. The van der Waals surface area contributed by atoms with E-state index in [-0.39, 0.29) is 36.2 Å². The summed E-state index contributed by atoms with van der Waals surface area (Å²) in [4.78, 5) is 12.7. The van der Waals surface area contributed by atoms with Crippen molar-refractivity contribution in [3.05, 3.63) is 11.6 Å². The van der Waals surface area contributed by atoms with Crippen LogP contribution < -0.4 is 5.32 Å². The van der Waals surface area contributed by atoms with Gasteiger partial charge in [0.1, 0.15) is 30.5 Å². The van der Waals surface area contributed by atoms with Crippen molar-refractivity contribution < 1.29 is 39.4 Å². The summed E-state index contributed by atoms with van der Waals surface area (Å²) in [5.41, 5.74) is 1.01. The van der Waals surface area contributed by atoms with Crippen molar-refractivity contribution in [3.8, 4) is 0 Å². The number of nitrogens with one attached hydrogen (secondary N) is 1. The number of ether oxygens (including phenoxy) is 3. The van der Waals surface area contributed by atoms with Gasteiger partial charge in [-0.15, -0.1) is 0 Å². The Morgan fingerprint density at radius 2 is 2.03 bits per heavy atom. The van der Waals surface area contributed by atoms with Crippen molar-refractivity contribution in [1.29, 1.82) is 0 Å². The average Bonchev–Trinajstić information content (AvgIpc) is 3.27. The Bertz CT molecular complexity index is 686. The summed E-state index contributed by atoms with van der Waals surface area (Å²) >= 11 is 0. The molecule has 0 radical (unpaired) electrons. The molecule has 0 unspecified atom stereocenters. The van der Waals surface area contributed by atoms with Crippen molar-refractivity contribution in [3.63, 3.8) is 0 Å². The Balaban J connectivity index is 1.45. The summed E-state index contributed by atoms with van der Waals surface area (Å²) in [6.45, 7) is 3.81. The lowest BCUT2D eigenvalue weighted by molar-refractivity contribution is -0.254. The van der Waals surface area contributed by atoms with Crippen molar-refractivity contribution in [2.45, 2.75) is 88.0 Å². The van der Waals surface area contributed by atoms with Crippen LogP contribution in [0.3, 0.4) is 0 Å². The molecular weight excluding hydrogens is 394 g/mol. The molecule has 0 aromatic carbocycles. The van der Waals surface area contributed by atoms with Gasteiger partial charge >= 0.3 is 5.97 Å². The molecule has 3 saturated heterocycles. The smallest absolute Gasteiger partial charge is 0.311 e. The molecule has 0 spiro atoms. The number of rotatable bonds is 4. The predicted molar refractivity (Wildman–Crippen MR) is 104 cm³/mol. The first-order chi connectivity index (χ1) is 14.2. The summed E-state index contributed by atoms with van der Waals surface area (Å²) in [5, 5.41) is 42.8. The lowest BCUT2D eigenvalue weighted by Crippen LogP contribution is -2.63. The van der Waals surface area contributed by atoms with Crippen molar-refractivity contribution >= 4 is 5.97 Å². The lowest BCUT2D eigenvalue weighted by atomic mass is 9.80. The van der Waals surface area contributed by atoms with Crippen LogP contribution in [0.4, 0.5) is 0 Å².